The first-order valence-electron chi connectivity index (χ1n) is 5.20. The molecule has 0 amide bonds. The van der Waals surface area contributed by atoms with E-state index in [0.29, 0.717) is 5.56 Å². The van der Waals surface area contributed by atoms with Crippen LogP contribution in [0.4, 0.5) is 0 Å². The smallest absolute Gasteiger partial charge is 0.150 e. The summed E-state index contributed by atoms with van der Waals surface area (Å²) in [5.41, 5.74) is 1.93. The van der Waals surface area contributed by atoms with Crippen LogP contribution in [0.25, 0.3) is 0 Å². The molecule has 0 radical (unpaired) electrons. The number of hydrogen-bond donors (Lipinski definition) is 0. The predicted octanol–water partition coefficient (Wildman–Crippen LogP) is 4.44. The van der Waals surface area contributed by atoms with Gasteiger partial charge >= 0.3 is 0 Å². The number of benzene rings is 2. The summed E-state index contributed by atoms with van der Waals surface area (Å²) in [5.74, 6) is 0.874. The summed E-state index contributed by atoms with van der Waals surface area (Å²) in [4.78, 5) is 11.7. The molecule has 86 valence electrons. The van der Waals surface area contributed by atoms with Gasteiger partial charge in [-0.3, -0.25) is 4.79 Å². The Morgan fingerprint density at radius 2 is 1.88 bits per heavy atom. The van der Waals surface area contributed by atoms with Gasteiger partial charge in [-0.15, -0.1) is 11.8 Å². The Labute approximate surface area is 110 Å². The van der Waals surface area contributed by atoms with E-state index >= 15 is 0 Å². The maximum absolute atomic E-state index is 10.6. The lowest BCUT2D eigenvalue weighted by atomic mass is 10.2. The van der Waals surface area contributed by atoms with Crippen LogP contribution in [0.15, 0.2) is 53.4 Å². The third kappa shape index (κ3) is 3.62. The van der Waals surface area contributed by atoms with Gasteiger partial charge in [0, 0.05) is 21.2 Å². The number of aldehydes is 1. The van der Waals surface area contributed by atoms with Crippen LogP contribution in [0.2, 0.25) is 5.02 Å². The van der Waals surface area contributed by atoms with Gasteiger partial charge in [-0.2, -0.15) is 0 Å². The summed E-state index contributed by atoms with van der Waals surface area (Å²) in [6, 6.07) is 15.4. The number of carbonyl (C=O) groups excluding carboxylic acids is 1. The van der Waals surface area contributed by atoms with Crippen LogP contribution in [0, 0.1) is 0 Å². The molecular weight excluding hydrogens is 252 g/mol. The standard InChI is InChI=1S/C14H11ClOS/c15-13-6-4-11(5-7-13)10-17-14-3-1-2-12(8-14)9-16/h1-9H,10H2. The zero-order valence-corrected chi connectivity index (χ0v) is 10.7. The summed E-state index contributed by atoms with van der Waals surface area (Å²) in [5, 5.41) is 0.752. The van der Waals surface area contributed by atoms with Crippen LogP contribution in [-0.2, 0) is 5.75 Å². The summed E-state index contributed by atoms with van der Waals surface area (Å²) in [6.45, 7) is 0. The molecule has 2 aromatic carbocycles. The molecule has 0 atom stereocenters. The van der Waals surface area contributed by atoms with Crippen molar-refractivity contribution in [1.29, 1.82) is 0 Å². The number of halogens is 1. The largest absolute Gasteiger partial charge is 0.298 e. The molecule has 0 aliphatic heterocycles. The van der Waals surface area contributed by atoms with Crippen molar-refractivity contribution in [2.24, 2.45) is 0 Å². The van der Waals surface area contributed by atoms with Gasteiger partial charge in [0.25, 0.3) is 0 Å². The van der Waals surface area contributed by atoms with Gasteiger partial charge in [-0.25, -0.2) is 0 Å². The average Bonchev–Trinajstić information content (AvgIpc) is 2.38. The molecule has 2 aromatic rings. The Morgan fingerprint density at radius 1 is 1.12 bits per heavy atom. The van der Waals surface area contributed by atoms with E-state index in [0.717, 1.165) is 22.0 Å². The first kappa shape index (κ1) is 12.2. The molecule has 3 heteroatoms. The molecule has 0 heterocycles. The minimum absolute atomic E-state index is 0.714. The molecule has 0 saturated heterocycles. The third-order valence-electron chi connectivity index (χ3n) is 2.31. The molecule has 0 aliphatic rings. The van der Waals surface area contributed by atoms with Gasteiger partial charge < -0.3 is 0 Å². The fourth-order valence-electron chi connectivity index (χ4n) is 1.42. The Bertz CT molecular complexity index is 508. The minimum atomic E-state index is 0.714. The Balaban J connectivity index is 2.01. The second-order valence-corrected chi connectivity index (χ2v) is 5.09. The molecule has 0 fully saturated rings. The van der Waals surface area contributed by atoms with Crippen LogP contribution in [0.5, 0.6) is 0 Å². The fraction of sp³-hybridized carbons (Fsp3) is 0.0714. The minimum Gasteiger partial charge on any atom is -0.298 e. The van der Waals surface area contributed by atoms with Gasteiger partial charge in [-0.1, -0.05) is 35.9 Å². The number of rotatable bonds is 4. The quantitative estimate of drug-likeness (QED) is 0.598. The van der Waals surface area contributed by atoms with Gasteiger partial charge in [0.15, 0.2) is 0 Å². The van der Waals surface area contributed by atoms with E-state index in [9.17, 15) is 4.79 Å². The van der Waals surface area contributed by atoms with E-state index in [1.165, 1.54) is 5.56 Å². The summed E-state index contributed by atoms with van der Waals surface area (Å²) in [6.07, 6.45) is 0.867. The average molecular weight is 263 g/mol. The highest BCUT2D eigenvalue weighted by Crippen LogP contribution is 2.23. The summed E-state index contributed by atoms with van der Waals surface area (Å²) < 4.78 is 0. The van der Waals surface area contributed by atoms with Crippen molar-refractivity contribution in [3.63, 3.8) is 0 Å². The second kappa shape index (κ2) is 5.89. The molecule has 2 rings (SSSR count). The molecule has 0 aliphatic carbocycles. The lowest BCUT2D eigenvalue weighted by molar-refractivity contribution is 0.112. The maximum Gasteiger partial charge on any atom is 0.150 e. The molecular formula is C14H11ClOS. The van der Waals surface area contributed by atoms with Crippen molar-refractivity contribution in [3.05, 3.63) is 64.7 Å². The number of carbonyl (C=O) groups is 1. The van der Waals surface area contributed by atoms with Crippen LogP contribution >= 0.6 is 23.4 Å². The van der Waals surface area contributed by atoms with E-state index < -0.39 is 0 Å². The van der Waals surface area contributed by atoms with Crippen LogP contribution < -0.4 is 0 Å². The third-order valence-corrected chi connectivity index (χ3v) is 3.63. The van der Waals surface area contributed by atoms with Crippen molar-refractivity contribution in [2.45, 2.75) is 10.6 Å². The van der Waals surface area contributed by atoms with Gasteiger partial charge in [0.05, 0.1) is 0 Å². The van der Waals surface area contributed by atoms with Gasteiger partial charge in [0.1, 0.15) is 6.29 Å². The number of thioether (sulfide) groups is 1. The van der Waals surface area contributed by atoms with E-state index in [1.54, 1.807) is 17.8 Å². The highest BCUT2D eigenvalue weighted by molar-refractivity contribution is 7.98. The number of hydrogen-bond acceptors (Lipinski definition) is 2. The molecule has 0 unspecified atom stereocenters. The predicted molar refractivity (Wildman–Crippen MR) is 72.8 cm³/mol. The first-order valence-corrected chi connectivity index (χ1v) is 6.57. The zero-order valence-electron chi connectivity index (χ0n) is 9.10. The molecule has 0 spiro atoms. The van der Waals surface area contributed by atoms with E-state index in [2.05, 4.69) is 0 Å². The van der Waals surface area contributed by atoms with Crippen LogP contribution in [0.1, 0.15) is 15.9 Å². The molecule has 1 nitrogen and oxygen atoms in total. The fourth-order valence-corrected chi connectivity index (χ4v) is 2.47. The van der Waals surface area contributed by atoms with E-state index in [4.69, 9.17) is 11.6 Å². The van der Waals surface area contributed by atoms with Crippen molar-refractivity contribution in [3.8, 4) is 0 Å². The normalized spacial score (nSPS) is 10.2. The van der Waals surface area contributed by atoms with Gasteiger partial charge in [-0.05, 0) is 29.8 Å². The maximum atomic E-state index is 10.6. The molecule has 0 N–H and O–H groups in total. The van der Waals surface area contributed by atoms with Crippen molar-refractivity contribution in [2.75, 3.05) is 0 Å². The van der Waals surface area contributed by atoms with Crippen LogP contribution in [0.3, 0.4) is 0 Å². The first-order chi connectivity index (χ1) is 8.28. The highest BCUT2D eigenvalue weighted by Gasteiger charge is 1.98. The lowest BCUT2D eigenvalue weighted by Gasteiger charge is -2.02. The topological polar surface area (TPSA) is 17.1 Å². The van der Waals surface area contributed by atoms with Crippen molar-refractivity contribution < 1.29 is 4.79 Å². The molecule has 17 heavy (non-hydrogen) atoms. The van der Waals surface area contributed by atoms with Crippen molar-refractivity contribution in [1.82, 2.24) is 0 Å². The second-order valence-electron chi connectivity index (χ2n) is 3.61. The van der Waals surface area contributed by atoms with E-state index in [1.807, 2.05) is 42.5 Å². The molecule has 0 bridgehead atoms. The highest BCUT2D eigenvalue weighted by atomic mass is 35.5. The Hall–Kier alpha value is -1.25. The Kier molecular flexibility index (Phi) is 4.24. The van der Waals surface area contributed by atoms with Crippen LogP contribution in [-0.4, -0.2) is 6.29 Å². The Morgan fingerprint density at radius 3 is 2.59 bits per heavy atom. The molecule has 0 saturated carbocycles. The van der Waals surface area contributed by atoms with E-state index in [-0.39, 0.29) is 0 Å². The SMILES string of the molecule is O=Cc1cccc(SCc2ccc(Cl)cc2)c1. The monoisotopic (exact) mass is 262 g/mol. The lowest BCUT2D eigenvalue weighted by Crippen LogP contribution is -1.82. The van der Waals surface area contributed by atoms with Crippen molar-refractivity contribution >= 4 is 29.6 Å². The summed E-state index contributed by atoms with van der Waals surface area (Å²) >= 11 is 7.53. The van der Waals surface area contributed by atoms with Gasteiger partial charge in [0.2, 0.25) is 0 Å². The zero-order chi connectivity index (χ0) is 12.1. The molecule has 0 aromatic heterocycles. The summed E-state index contributed by atoms with van der Waals surface area (Å²) in [7, 11) is 0.